The molecule has 0 aromatic heterocycles. The second kappa shape index (κ2) is 17.0. The molecule has 0 aliphatic carbocycles. The lowest BCUT2D eigenvalue weighted by molar-refractivity contribution is -0.293. The molecule has 1 aliphatic rings. The fourth-order valence-electron chi connectivity index (χ4n) is 4.85. The molecule has 3 aromatic rings. The highest BCUT2D eigenvalue weighted by Crippen LogP contribution is 2.35. The summed E-state index contributed by atoms with van der Waals surface area (Å²) in [6.45, 7) is 4.51. The lowest BCUT2D eigenvalue weighted by Crippen LogP contribution is -2.58. The minimum atomic E-state index is -4.91. The number of hydrogen-bond acceptors (Lipinski definition) is 7. The average molecular weight is 627 g/mol. The number of azide groups is 1. The number of nitrogens with zero attached hydrogens (tertiary/aromatic N) is 4. The van der Waals surface area contributed by atoms with Crippen LogP contribution < -0.4 is 0 Å². The van der Waals surface area contributed by atoms with Crippen molar-refractivity contribution in [1.82, 2.24) is 0 Å². The Labute approximate surface area is 260 Å². The Balaban J connectivity index is 1.62. The van der Waals surface area contributed by atoms with E-state index in [1.165, 1.54) is 12.1 Å². The Hall–Kier alpha value is -3.93. The molecule has 0 amide bonds. The van der Waals surface area contributed by atoms with Crippen LogP contribution in [0.5, 0.6) is 0 Å². The van der Waals surface area contributed by atoms with Gasteiger partial charge in [-0.2, -0.15) is 13.2 Å². The molecular formula is C33H37F3N4O5. The molecule has 0 radical (unpaired) electrons. The molecule has 4 rings (SSSR count). The van der Waals surface area contributed by atoms with Crippen LogP contribution in [0.3, 0.4) is 0 Å². The van der Waals surface area contributed by atoms with Gasteiger partial charge in [-0.15, -0.1) is 0 Å². The van der Waals surface area contributed by atoms with Crippen LogP contribution in [-0.2, 0) is 36.9 Å². The van der Waals surface area contributed by atoms with E-state index in [0.29, 0.717) is 0 Å². The highest BCUT2D eigenvalue weighted by atomic mass is 19.4. The third kappa shape index (κ3) is 10.6. The highest BCUT2D eigenvalue weighted by molar-refractivity contribution is 5.84. The number of rotatable bonds is 14. The fourth-order valence-corrected chi connectivity index (χ4v) is 4.85. The zero-order valence-corrected chi connectivity index (χ0v) is 25.1. The minimum Gasteiger partial charge on any atom is -0.441 e. The molecule has 0 saturated carbocycles. The summed E-state index contributed by atoms with van der Waals surface area (Å²) in [6.07, 6.45) is -8.80. The molecule has 0 N–H and O–H groups in total. The molecule has 1 aliphatic heterocycles. The van der Waals surface area contributed by atoms with Crippen LogP contribution in [-0.4, -0.2) is 56.4 Å². The van der Waals surface area contributed by atoms with Gasteiger partial charge in [-0.3, -0.25) is 0 Å². The number of para-hydroxylation sites is 1. The van der Waals surface area contributed by atoms with Crippen LogP contribution >= 0.6 is 0 Å². The van der Waals surface area contributed by atoms with E-state index in [9.17, 15) is 13.2 Å². The molecule has 9 nitrogen and oxygen atoms in total. The second-order valence-corrected chi connectivity index (χ2v) is 10.8. The largest absolute Gasteiger partial charge is 0.468 e. The Bertz CT molecular complexity index is 1380. The lowest BCUT2D eigenvalue weighted by Gasteiger charge is -2.45. The molecule has 240 valence electrons. The van der Waals surface area contributed by atoms with E-state index >= 15 is 0 Å². The number of hydrogen-bond donors (Lipinski definition) is 0. The summed E-state index contributed by atoms with van der Waals surface area (Å²) in [5.74, 6) is -2.03. The van der Waals surface area contributed by atoms with Crippen LogP contribution in [0.4, 0.5) is 18.9 Å². The van der Waals surface area contributed by atoms with Gasteiger partial charge in [0.1, 0.15) is 12.2 Å². The molecule has 1 heterocycles. The maximum Gasteiger partial charge on any atom is 0.468 e. The summed E-state index contributed by atoms with van der Waals surface area (Å²) in [5, 5.41) is 3.57. The summed E-state index contributed by atoms with van der Waals surface area (Å²) in [6, 6.07) is 26.6. The van der Waals surface area contributed by atoms with Crippen molar-refractivity contribution in [3.05, 3.63) is 113 Å². The summed E-state index contributed by atoms with van der Waals surface area (Å²) < 4.78 is 73.1. The summed E-state index contributed by atoms with van der Waals surface area (Å²) in [5.41, 5.74) is 10.4. The summed E-state index contributed by atoms with van der Waals surface area (Å²) in [4.78, 5) is 6.54. The Morgan fingerprint density at radius 2 is 1.44 bits per heavy atom. The predicted molar refractivity (Wildman–Crippen MR) is 163 cm³/mol. The zero-order valence-electron chi connectivity index (χ0n) is 25.1. The van der Waals surface area contributed by atoms with Crippen molar-refractivity contribution in [3.63, 3.8) is 0 Å². The Morgan fingerprint density at radius 1 is 0.889 bits per heavy atom. The predicted octanol–water partition coefficient (Wildman–Crippen LogP) is 7.79. The number of benzene rings is 3. The van der Waals surface area contributed by atoms with Crippen molar-refractivity contribution in [1.29, 1.82) is 0 Å². The van der Waals surface area contributed by atoms with E-state index in [-0.39, 0.29) is 44.6 Å². The first-order chi connectivity index (χ1) is 21.7. The molecule has 3 aromatic carbocycles. The van der Waals surface area contributed by atoms with E-state index in [1.54, 1.807) is 18.2 Å². The number of alkyl halides is 3. The molecule has 12 heteroatoms. The monoisotopic (exact) mass is 626 g/mol. The van der Waals surface area contributed by atoms with Gasteiger partial charge in [-0.1, -0.05) is 97.8 Å². The van der Waals surface area contributed by atoms with Crippen LogP contribution in [0.2, 0.25) is 0 Å². The third-order valence-corrected chi connectivity index (χ3v) is 7.15. The Kier molecular flexibility index (Phi) is 12.8. The quantitative estimate of drug-likeness (QED) is 0.0597. The van der Waals surface area contributed by atoms with Crippen molar-refractivity contribution in [2.75, 3.05) is 19.8 Å². The SMILES string of the molecule is CC(CN=[N+]=[N-])COCC1O[C@@H](O/C(=N/c2ccccc2)C(F)(F)F)C(OCc2ccccc2)[C@@H](C)[C@H]1OCc1ccccc1. The van der Waals surface area contributed by atoms with E-state index < -0.39 is 42.6 Å². The van der Waals surface area contributed by atoms with E-state index in [0.717, 1.165) is 11.1 Å². The van der Waals surface area contributed by atoms with E-state index in [1.807, 2.05) is 74.5 Å². The van der Waals surface area contributed by atoms with Gasteiger partial charge in [0.05, 0.1) is 31.6 Å². The van der Waals surface area contributed by atoms with Crippen molar-refractivity contribution < 1.29 is 36.9 Å². The second-order valence-electron chi connectivity index (χ2n) is 10.8. The van der Waals surface area contributed by atoms with E-state index in [4.69, 9.17) is 29.2 Å². The van der Waals surface area contributed by atoms with Gasteiger partial charge in [-0.25, -0.2) is 4.99 Å². The van der Waals surface area contributed by atoms with Crippen LogP contribution in [0.25, 0.3) is 10.4 Å². The molecule has 0 spiro atoms. The molecule has 45 heavy (non-hydrogen) atoms. The standard InChI is InChI=1S/C33H37F3N4O5/c1-23(18-38-40-37)19-41-22-28-29(42-20-25-12-6-3-7-13-25)24(2)30(43-21-26-14-8-4-9-15-26)31(44-28)45-32(33(34,35)36)39-27-16-10-5-11-17-27/h3-17,23-24,28-31H,18-22H2,1-2H3/b39-32+/t23?,24-,28?,29+,30?,31-/m0/s1. The maximum atomic E-state index is 14.3. The normalized spacial score (nSPS) is 22.8. The number of ether oxygens (including phenoxy) is 5. The first-order valence-electron chi connectivity index (χ1n) is 14.7. The zero-order chi connectivity index (χ0) is 32.1. The molecule has 3 unspecified atom stereocenters. The Morgan fingerprint density at radius 3 is 2.00 bits per heavy atom. The molecule has 1 saturated heterocycles. The number of aliphatic imine (C=N–C) groups is 1. The number of halogens is 3. The first kappa shape index (κ1) is 34.0. The van der Waals surface area contributed by atoms with Gasteiger partial charge >= 0.3 is 6.18 Å². The summed E-state index contributed by atoms with van der Waals surface area (Å²) in [7, 11) is 0. The van der Waals surface area contributed by atoms with Gasteiger partial charge in [-0.05, 0) is 34.7 Å². The van der Waals surface area contributed by atoms with Gasteiger partial charge < -0.3 is 23.7 Å². The molecule has 6 atom stereocenters. The van der Waals surface area contributed by atoms with Crippen molar-refractivity contribution in [2.24, 2.45) is 21.9 Å². The van der Waals surface area contributed by atoms with Gasteiger partial charge in [0.25, 0.3) is 5.90 Å². The summed E-state index contributed by atoms with van der Waals surface area (Å²) >= 11 is 0. The third-order valence-electron chi connectivity index (χ3n) is 7.15. The van der Waals surface area contributed by atoms with Gasteiger partial charge in [0.15, 0.2) is 0 Å². The van der Waals surface area contributed by atoms with Crippen molar-refractivity contribution in [3.8, 4) is 0 Å². The van der Waals surface area contributed by atoms with Gasteiger partial charge in [0, 0.05) is 24.0 Å². The van der Waals surface area contributed by atoms with Crippen molar-refractivity contribution >= 4 is 11.6 Å². The highest BCUT2D eigenvalue weighted by Gasteiger charge is 2.49. The molecular weight excluding hydrogens is 589 g/mol. The van der Waals surface area contributed by atoms with Crippen LogP contribution in [0, 0.1) is 11.8 Å². The average Bonchev–Trinajstić information content (AvgIpc) is 3.04. The molecule has 1 fully saturated rings. The minimum absolute atomic E-state index is 0.00709. The smallest absolute Gasteiger partial charge is 0.441 e. The van der Waals surface area contributed by atoms with Crippen LogP contribution in [0.15, 0.2) is 101 Å². The topological polar surface area (TPSA) is 107 Å². The van der Waals surface area contributed by atoms with Crippen molar-refractivity contribution in [2.45, 2.75) is 57.8 Å². The molecule has 0 bridgehead atoms. The van der Waals surface area contributed by atoms with E-state index in [2.05, 4.69) is 15.0 Å². The van der Waals surface area contributed by atoms with Crippen LogP contribution in [0.1, 0.15) is 25.0 Å². The van der Waals surface area contributed by atoms with Gasteiger partial charge in [0.2, 0.25) is 6.29 Å². The fraction of sp³-hybridized carbons (Fsp3) is 0.424. The maximum absolute atomic E-state index is 14.3. The first-order valence-corrected chi connectivity index (χ1v) is 14.7. The lowest BCUT2D eigenvalue weighted by atomic mass is 9.90.